The van der Waals surface area contributed by atoms with Crippen molar-refractivity contribution in [2.24, 2.45) is 11.3 Å². The minimum absolute atomic E-state index is 0.246. The molecule has 1 nitrogen and oxygen atoms in total. The van der Waals surface area contributed by atoms with E-state index < -0.39 is 17.2 Å². The van der Waals surface area contributed by atoms with Crippen LogP contribution in [0, 0.1) is 23.0 Å². The predicted octanol–water partition coefficient (Wildman–Crippen LogP) is 4.86. The summed E-state index contributed by atoms with van der Waals surface area (Å²) in [5, 5.41) is 10.8. The second-order valence-electron chi connectivity index (χ2n) is 7.67. The van der Waals surface area contributed by atoms with Gasteiger partial charge in [-0.25, -0.2) is 8.78 Å². The lowest BCUT2D eigenvalue weighted by molar-refractivity contribution is 0.0224. The van der Waals surface area contributed by atoms with E-state index in [1.165, 1.54) is 12.1 Å². The topological polar surface area (TPSA) is 20.2 Å². The van der Waals surface area contributed by atoms with Gasteiger partial charge in [0.25, 0.3) is 0 Å². The molecule has 0 radical (unpaired) electrons. The number of halogens is 2. The minimum atomic E-state index is -0.833. The molecule has 3 heteroatoms. The van der Waals surface area contributed by atoms with Gasteiger partial charge in [-0.2, -0.15) is 0 Å². The first-order chi connectivity index (χ1) is 9.68. The van der Waals surface area contributed by atoms with Crippen LogP contribution in [0.3, 0.4) is 0 Å². The van der Waals surface area contributed by atoms with Crippen LogP contribution in [0.4, 0.5) is 8.78 Å². The number of hydrogen-bond donors (Lipinski definition) is 1. The molecule has 1 N–H and O–H groups in total. The molecular weight excluding hydrogens is 270 g/mol. The van der Waals surface area contributed by atoms with E-state index in [1.54, 1.807) is 0 Å². The Kier molecular flexibility index (Phi) is 4.72. The maximum absolute atomic E-state index is 13.3. The standard InChI is InChI=1S/C18H26F2O/c1-17(2,3)14-5-4-7-18(21,8-6-14)12-13-9-15(19)11-16(20)10-13/h9-11,14,21H,4-8,12H2,1-3H3. The summed E-state index contributed by atoms with van der Waals surface area (Å²) in [5.41, 5.74) is -0.0413. The number of rotatable bonds is 2. The summed E-state index contributed by atoms with van der Waals surface area (Å²) in [7, 11) is 0. The van der Waals surface area contributed by atoms with E-state index in [1.807, 2.05) is 0 Å². The highest BCUT2D eigenvalue weighted by Gasteiger charge is 2.34. The molecule has 0 heterocycles. The summed E-state index contributed by atoms with van der Waals surface area (Å²) in [4.78, 5) is 0. The van der Waals surface area contributed by atoms with E-state index in [2.05, 4.69) is 20.8 Å². The molecule has 1 saturated carbocycles. The first-order valence-corrected chi connectivity index (χ1v) is 7.85. The first-order valence-electron chi connectivity index (χ1n) is 7.85. The maximum Gasteiger partial charge on any atom is 0.126 e. The smallest absolute Gasteiger partial charge is 0.126 e. The van der Waals surface area contributed by atoms with Gasteiger partial charge in [0.1, 0.15) is 11.6 Å². The van der Waals surface area contributed by atoms with Gasteiger partial charge in [0, 0.05) is 12.5 Å². The Hall–Kier alpha value is -0.960. The Bertz CT molecular complexity index is 472. The van der Waals surface area contributed by atoms with Gasteiger partial charge in [-0.1, -0.05) is 27.2 Å². The highest BCUT2D eigenvalue weighted by molar-refractivity contribution is 5.20. The van der Waals surface area contributed by atoms with Crippen LogP contribution in [0.2, 0.25) is 0 Å². The van der Waals surface area contributed by atoms with E-state index in [-0.39, 0.29) is 5.41 Å². The first kappa shape index (κ1) is 16.4. The predicted molar refractivity (Wildman–Crippen MR) is 81.0 cm³/mol. The molecule has 1 aliphatic rings. The largest absolute Gasteiger partial charge is 0.390 e. The monoisotopic (exact) mass is 296 g/mol. The van der Waals surface area contributed by atoms with Crippen molar-refractivity contribution in [1.29, 1.82) is 0 Å². The fraction of sp³-hybridized carbons (Fsp3) is 0.667. The third-order valence-corrected chi connectivity index (χ3v) is 4.83. The fourth-order valence-electron chi connectivity index (χ4n) is 3.53. The minimum Gasteiger partial charge on any atom is -0.390 e. The summed E-state index contributed by atoms with van der Waals surface area (Å²) in [5.74, 6) is -0.555. The van der Waals surface area contributed by atoms with Crippen molar-refractivity contribution in [3.05, 3.63) is 35.4 Å². The SMILES string of the molecule is CC(C)(C)C1CCCC(O)(Cc2cc(F)cc(F)c2)CC1. The molecule has 0 saturated heterocycles. The molecule has 2 rings (SSSR count). The van der Waals surface area contributed by atoms with Crippen molar-refractivity contribution in [1.82, 2.24) is 0 Å². The zero-order chi connectivity index (χ0) is 15.7. The van der Waals surface area contributed by atoms with Crippen LogP contribution in [0.5, 0.6) is 0 Å². The number of benzene rings is 1. The average molecular weight is 296 g/mol. The van der Waals surface area contributed by atoms with Crippen LogP contribution in [0.15, 0.2) is 18.2 Å². The van der Waals surface area contributed by atoms with Crippen LogP contribution >= 0.6 is 0 Å². The maximum atomic E-state index is 13.3. The molecule has 0 aliphatic heterocycles. The molecule has 21 heavy (non-hydrogen) atoms. The van der Waals surface area contributed by atoms with Crippen LogP contribution in [-0.4, -0.2) is 10.7 Å². The van der Waals surface area contributed by atoms with Gasteiger partial charge in [-0.15, -0.1) is 0 Å². The number of hydrogen-bond acceptors (Lipinski definition) is 1. The molecule has 1 fully saturated rings. The highest BCUT2D eigenvalue weighted by atomic mass is 19.1. The summed E-state index contributed by atoms with van der Waals surface area (Å²) in [6.07, 6.45) is 4.79. The van der Waals surface area contributed by atoms with E-state index >= 15 is 0 Å². The molecule has 0 aromatic heterocycles. The molecule has 0 amide bonds. The lowest BCUT2D eigenvalue weighted by Gasteiger charge is -2.31. The summed E-state index contributed by atoms with van der Waals surface area (Å²) in [6, 6.07) is 3.52. The average Bonchev–Trinajstić information content (AvgIpc) is 2.49. The lowest BCUT2D eigenvalue weighted by atomic mass is 9.76. The molecule has 1 aromatic carbocycles. The fourth-order valence-corrected chi connectivity index (χ4v) is 3.53. The van der Waals surface area contributed by atoms with Gasteiger partial charge in [0.15, 0.2) is 0 Å². The lowest BCUT2D eigenvalue weighted by Crippen LogP contribution is -2.31. The molecular formula is C18H26F2O. The Balaban J connectivity index is 2.08. The molecule has 2 unspecified atom stereocenters. The van der Waals surface area contributed by atoms with Crippen LogP contribution in [0.25, 0.3) is 0 Å². The third-order valence-electron chi connectivity index (χ3n) is 4.83. The quantitative estimate of drug-likeness (QED) is 0.772. The second kappa shape index (κ2) is 6.04. The van der Waals surface area contributed by atoms with Gasteiger partial charge in [0.05, 0.1) is 5.60 Å². The molecule has 1 aromatic rings. The normalized spacial score (nSPS) is 27.4. The zero-order valence-corrected chi connectivity index (χ0v) is 13.3. The van der Waals surface area contributed by atoms with Gasteiger partial charge >= 0.3 is 0 Å². The van der Waals surface area contributed by atoms with Crippen molar-refractivity contribution in [2.45, 2.75) is 64.9 Å². The molecule has 2 atom stereocenters. The zero-order valence-electron chi connectivity index (χ0n) is 13.3. The summed E-state index contributed by atoms with van der Waals surface area (Å²) >= 11 is 0. The van der Waals surface area contributed by atoms with Crippen molar-refractivity contribution in [3.8, 4) is 0 Å². The molecule has 0 bridgehead atoms. The van der Waals surface area contributed by atoms with E-state index in [0.29, 0.717) is 30.7 Å². The Morgan fingerprint density at radius 1 is 1.10 bits per heavy atom. The van der Waals surface area contributed by atoms with E-state index in [4.69, 9.17) is 0 Å². The van der Waals surface area contributed by atoms with Gasteiger partial charge in [0.2, 0.25) is 0 Å². The second-order valence-corrected chi connectivity index (χ2v) is 7.67. The van der Waals surface area contributed by atoms with Crippen LogP contribution < -0.4 is 0 Å². The van der Waals surface area contributed by atoms with Crippen molar-refractivity contribution >= 4 is 0 Å². The summed E-state index contributed by atoms with van der Waals surface area (Å²) in [6.45, 7) is 6.72. The Labute approximate surface area is 126 Å². The highest BCUT2D eigenvalue weighted by Crippen LogP contribution is 2.40. The third kappa shape index (κ3) is 4.50. The Morgan fingerprint density at radius 3 is 2.29 bits per heavy atom. The van der Waals surface area contributed by atoms with Crippen LogP contribution in [0.1, 0.15) is 58.4 Å². The molecule has 0 spiro atoms. The summed E-state index contributed by atoms with van der Waals surface area (Å²) < 4.78 is 26.6. The van der Waals surface area contributed by atoms with Crippen molar-refractivity contribution in [2.75, 3.05) is 0 Å². The van der Waals surface area contributed by atoms with E-state index in [9.17, 15) is 13.9 Å². The Morgan fingerprint density at radius 2 is 1.71 bits per heavy atom. The van der Waals surface area contributed by atoms with Crippen molar-refractivity contribution < 1.29 is 13.9 Å². The van der Waals surface area contributed by atoms with Gasteiger partial charge in [-0.3, -0.25) is 0 Å². The van der Waals surface area contributed by atoms with Crippen LogP contribution in [-0.2, 0) is 6.42 Å². The van der Waals surface area contributed by atoms with E-state index in [0.717, 1.165) is 25.3 Å². The molecule has 1 aliphatic carbocycles. The molecule has 118 valence electrons. The van der Waals surface area contributed by atoms with Gasteiger partial charge < -0.3 is 5.11 Å². The van der Waals surface area contributed by atoms with Crippen molar-refractivity contribution in [3.63, 3.8) is 0 Å². The van der Waals surface area contributed by atoms with Gasteiger partial charge in [-0.05, 0) is 54.7 Å². The number of aliphatic hydroxyl groups is 1.